The van der Waals surface area contributed by atoms with Gasteiger partial charge in [0, 0.05) is 19.6 Å². The van der Waals surface area contributed by atoms with E-state index in [0.717, 1.165) is 24.2 Å². The lowest BCUT2D eigenvalue weighted by molar-refractivity contribution is -0.00692. The molecule has 3 rings (SSSR count). The van der Waals surface area contributed by atoms with Gasteiger partial charge in [-0.2, -0.15) is 0 Å². The van der Waals surface area contributed by atoms with E-state index in [0.29, 0.717) is 0 Å². The third kappa shape index (κ3) is 2.94. The third-order valence-electron chi connectivity index (χ3n) is 4.44. The number of fused-ring (bicyclic) bond motifs is 1. The van der Waals surface area contributed by atoms with Gasteiger partial charge in [-0.05, 0) is 43.9 Å². The zero-order valence-electron chi connectivity index (χ0n) is 13.4. The Morgan fingerprint density at radius 1 is 1.09 bits per heavy atom. The van der Waals surface area contributed by atoms with E-state index in [4.69, 9.17) is 14.5 Å². The number of nitrogens with zero attached hydrogens (tertiary/aromatic N) is 1. The average Bonchev–Trinajstić information content (AvgIpc) is 2.55. The second-order valence-electron chi connectivity index (χ2n) is 5.82. The highest BCUT2D eigenvalue weighted by Gasteiger charge is 2.34. The van der Waals surface area contributed by atoms with Crippen molar-refractivity contribution in [2.75, 3.05) is 19.5 Å². The average molecular weight is 299 g/mol. The van der Waals surface area contributed by atoms with Gasteiger partial charge in [-0.25, -0.2) is 4.98 Å². The van der Waals surface area contributed by atoms with Crippen molar-refractivity contribution >= 4 is 16.7 Å². The number of anilines is 1. The molecule has 22 heavy (non-hydrogen) atoms. The summed E-state index contributed by atoms with van der Waals surface area (Å²) in [6, 6.07) is 10.4. The predicted molar refractivity (Wildman–Crippen MR) is 89.0 cm³/mol. The summed E-state index contributed by atoms with van der Waals surface area (Å²) in [4.78, 5) is 4.74. The number of ether oxygens (including phenoxy) is 2. The van der Waals surface area contributed by atoms with E-state index in [-0.39, 0.29) is 18.2 Å². The Morgan fingerprint density at radius 3 is 2.45 bits per heavy atom. The topological polar surface area (TPSA) is 43.4 Å². The van der Waals surface area contributed by atoms with Crippen molar-refractivity contribution in [1.29, 1.82) is 0 Å². The van der Waals surface area contributed by atoms with Crippen LogP contribution in [0.1, 0.15) is 18.4 Å². The first-order valence-corrected chi connectivity index (χ1v) is 7.73. The molecule has 1 aliphatic carbocycles. The molecule has 1 N–H and O–H groups in total. The number of nitrogens with one attached hydrogen (secondary N) is 1. The standard InChI is InChI=1S/C18H23N2O2/c1-12-11-17(19-14-8-5-4-7-13(12)14)20-18-15(21-2)9-6-10-16(18)22-3/h4-8,11,15-16,18H,9-10H2,1-3H3,(H,19,20). The van der Waals surface area contributed by atoms with Crippen LogP contribution in [0.5, 0.6) is 0 Å². The van der Waals surface area contributed by atoms with E-state index < -0.39 is 0 Å². The number of methoxy groups -OCH3 is 2. The van der Waals surface area contributed by atoms with Crippen molar-refractivity contribution in [2.24, 2.45) is 0 Å². The minimum atomic E-state index is 0.104. The van der Waals surface area contributed by atoms with E-state index in [1.54, 1.807) is 14.2 Å². The SMILES string of the molecule is COC1C[CH]CC(OC)C1Nc1cc(C)c2ccccc2n1. The molecule has 0 bridgehead atoms. The van der Waals surface area contributed by atoms with Crippen LogP contribution in [0.25, 0.3) is 10.9 Å². The van der Waals surface area contributed by atoms with E-state index in [1.165, 1.54) is 10.9 Å². The minimum Gasteiger partial charge on any atom is -0.379 e. The first-order valence-electron chi connectivity index (χ1n) is 7.73. The molecule has 1 aromatic carbocycles. The number of rotatable bonds is 4. The van der Waals surface area contributed by atoms with E-state index in [1.807, 2.05) is 18.2 Å². The summed E-state index contributed by atoms with van der Waals surface area (Å²) in [6.07, 6.45) is 4.31. The van der Waals surface area contributed by atoms with E-state index >= 15 is 0 Å². The second-order valence-corrected chi connectivity index (χ2v) is 5.82. The summed E-state index contributed by atoms with van der Waals surface area (Å²) in [5, 5.41) is 4.73. The van der Waals surface area contributed by atoms with Crippen LogP contribution in [0, 0.1) is 13.3 Å². The number of aryl methyl sites for hydroxylation is 1. The largest absolute Gasteiger partial charge is 0.379 e. The van der Waals surface area contributed by atoms with Gasteiger partial charge in [0.2, 0.25) is 0 Å². The molecule has 2 unspecified atom stereocenters. The van der Waals surface area contributed by atoms with Crippen LogP contribution >= 0.6 is 0 Å². The van der Waals surface area contributed by atoms with Crippen molar-refractivity contribution < 1.29 is 9.47 Å². The number of benzene rings is 1. The maximum atomic E-state index is 5.62. The van der Waals surface area contributed by atoms with Crippen LogP contribution in [0.3, 0.4) is 0 Å². The quantitative estimate of drug-likeness (QED) is 0.940. The number of hydrogen-bond acceptors (Lipinski definition) is 4. The van der Waals surface area contributed by atoms with Crippen LogP contribution < -0.4 is 5.32 Å². The minimum absolute atomic E-state index is 0.104. The van der Waals surface area contributed by atoms with Crippen molar-refractivity contribution in [3.8, 4) is 0 Å². The Hall–Kier alpha value is -1.65. The molecule has 1 saturated carbocycles. The Labute approximate surface area is 131 Å². The van der Waals surface area contributed by atoms with E-state index in [2.05, 4.69) is 30.8 Å². The highest BCUT2D eigenvalue weighted by Crippen LogP contribution is 2.27. The van der Waals surface area contributed by atoms with Crippen molar-refractivity contribution in [2.45, 2.75) is 38.0 Å². The molecule has 4 heteroatoms. The zero-order chi connectivity index (χ0) is 15.5. The molecule has 1 aliphatic rings. The van der Waals surface area contributed by atoms with Crippen molar-refractivity contribution in [3.63, 3.8) is 0 Å². The molecule has 4 nitrogen and oxygen atoms in total. The number of para-hydroxylation sites is 1. The van der Waals surface area contributed by atoms with Crippen molar-refractivity contribution in [3.05, 3.63) is 42.3 Å². The van der Waals surface area contributed by atoms with Gasteiger partial charge in [0.15, 0.2) is 0 Å². The van der Waals surface area contributed by atoms with Gasteiger partial charge in [0.05, 0.1) is 23.8 Å². The zero-order valence-corrected chi connectivity index (χ0v) is 13.4. The summed E-state index contributed by atoms with van der Waals surface area (Å²) < 4.78 is 11.2. The fourth-order valence-corrected chi connectivity index (χ4v) is 3.22. The van der Waals surface area contributed by atoms with Crippen LogP contribution in [0.15, 0.2) is 30.3 Å². The van der Waals surface area contributed by atoms with Gasteiger partial charge in [-0.15, -0.1) is 0 Å². The molecule has 0 saturated heterocycles. The molecule has 0 aliphatic heterocycles. The molecule has 1 radical (unpaired) electrons. The van der Waals surface area contributed by atoms with Gasteiger partial charge < -0.3 is 14.8 Å². The van der Waals surface area contributed by atoms with Gasteiger partial charge in [0.25, 0.3) is 0 Å². The summed E-state index contributed by atoms with van der Waals surface area (Å²) >= 11 is 0. The Bertz CT molecular complexity index is 632. The number of pyridine rings is 1. The summed E-state index contributed by atoms with van der Waals surface area (Å²) in [6.45, 7) is 2.12. The molecule has 2 aromatic rings. The van der Waals surface area contributed by atoms with E-state index in [9.17, 15) is 0 Å². The summed E-state index contributed by atoms with van der Waals surface area (Å²) in [7, 11) is 3.51. The molecule has 117 valence electrons. The van der Waals surface area contributed by atoms with Crippen LogP contribution in [0.2, 0.25) is 0 Å². The third-order valence-corrected chi connectivity index (χ3v) is 4.44. The van der Waals surface area contributed by atoms with Gasteiger partial charge in [-0.1, -0.05) is 18.2 Å². The predicted octanol–water partition coefficient (Wildman–Crippen LogP) is 3.35. The van der Waals surface area contributed by atoms with Gasteiger partial charge >= 0.3 is 0 Å². The molecule has 1 fully saturated rings. The number of aromatic nitrogens is 1. The van der Waals surface area contributed by atoms with Crippen LogP contribution in [0.4, 0.5) is 5.82 Å². The lowest BCUT2D eigenvalue weighted by Crippen LogP contribution is -2.48. The maximum Gasteiger partial charge on any atom is 0.127 e. The molecular formula is C18H23N2O2. The van der Waals surface area contributed by atoms with Crippen molar-refractivity contribution in [1.82, 2.24) is 4.98 Å². The summed E-state index contributed by atoms with van der Waals surface area (Å²) in [5.74, 6) is 0.882. The fraction of sp³-hybridized carbons (Fsp3) is 0.444. The molecule has 1 heterocycles. The van der Waals surface area contributed by atoms with Crippen LogP contribution in [-0.4, -0.2) is 37.5 Å². The Kier molecular flexibility index (Phi) is 4.60. The second kappa shape index (κ2) is 6.63. The van der Waals surface area contributed by atoms with Crippen LogP contribution in [-0.2, 0) is 9.47 Å². The Morgan fingerprint density at radius 2 is 1.77 bits per heavy atom. The first kappa shape index (κ1) is 15.3. The normalized spacial score (nSPS) is 25.3. The molecule has 0 amide bonds. The molecule has 2 atom stereocenters. The summed E-state index contributed by atoms with van der Waals surface area (Å²) in [5.41, 5.74) is 2.23. The molecular weight excluding hydrogens is 276 g/mol. The van der Waals surface area contributed by atoms with Gasteiger partial charge in [-0.3, -0.25) is 0 Å². The smallest absolute Gasteiger partial charge is 0.127 e. The highest BCUT2D eigenvalue weighted by atomic mass is 16.5. The Balaban J connectivity index is 1.90. The molecule has 0 spiro atoms. The lowest BCUT2D eigenvalue weighted by atomic mass is 9.89. The lowest BCUT2D eigenvalue weighted by Gasteiger charge is -2.37. The molecule has 1 aromatic heterocycles. The fourth-order valence-electron chi connectivity index (χ4n) is 3.22. The number of hydrogen-bond donors (Lipinski definition) is 1. The van der Waals surface area contributed by atoms with Gasteiger partial charge in [0.1, 0.15) is 5.82 Å². The maximum absolute atomic E-state index is 5.62. The first-order chi connectivity index (χ1) is 10.7. The highest BCUT2D eigenvalue weighted by molar-refractivity contribution is 5.83. The monoisotopic (exact) mass is 299 g/mol.